The fourth-order valence-electron chi connectivity index (χ4n) is 1.82. The van der Waals surface area contributed by atoms with E-state index in [1.807, 2.05) is 16.7 Å². The van der Waals surface area contributed by atoms with Gasteiger partial charge in [0.15, 0.2) is 0 Å². The van der Waals surface area contributed by atoms with Gasteiger partial charge in [0.05, 0.1) is 0 Å². The average Bonchev–Trinajstić information content (AvgIpc) is 2.27. The van der Waals surface area contributed by atoms with Gasteiger partial charge in [-0.1, -0.05) is 6.92 Å². The van der Waals surface area contributed by atoms with Crippen LogP contribution in [0, 0.1) is 0 Å². The van der Waals surface area contributed by atoms with Crippen LogP contribution in [-0.2, 0) is 4.79 Å². The Labute approximate surface area is 97.0 Å². The number of amides is 1. The van der Waals surface area contributed by atoms with E-state index in [-0.39, 0.29) is 0 Å². The Morgan fingerprint density at radius 2 is 2.33 bits per heavy atom. The van der Waals surface area contributed by atoms with Gasteiger partial charge in [-0.2, -0.15) is 11.8 Å². The molecule has 88 valence electrons. The Morgan fingerprint density at radius 3 is 2.87 bits per heavy atom. The molecule has 1 saturated heterocycles. The van der Waals surface area contributed by atoms with Crippen LogP contribution in [0.3, 0.4) is 0 Å². The van der Waals surface area contributed by atoms with E-state index in [1.54, 1.807) is 0 Å². The molecule has 0 aromatic carbocycles. The van der Waals surface area contributed by atoms with Crippen LogP contribution < -0.4 is 5.32 Å². The molecule has 1 atom stereocenters. The summed E-state index contributed by atoms with van der Waals surface area (Å²) in [6.07, 6.45) is 1.72. The Balaban J connectivity index is 2.31. The van der Waals surface area contributed by atoms with Gasteiger partial charge < -0.3 is 10.2 Å². The molecule has 0 aromatic rings. The van der Waals surface area contributed by atoms with E-state index in [0.29, 0.717) is 18.4 Å². The van der Waals surface area contributed by atoms with Gasteiger partial charge in [-0.3, -0.25) is 4.79 Å². The normalized spacial score (nSPS) is 21.3. The molecule has 1 fully saturated rings. The van der Waals surface area contributed by atoms with Crippen molar-refractivity contribution in [1.82, 2.24) is 10.2 Å². The minimum absolute atomic E-state index is 0.305. The second-order valence-corrected chi connectivity index (χ2v) is 5.05. The van der Waals surface area contributed by atoms with E-state index in [2.05, 4.69) is 19.2 Å². The zero-order valence-electron chi connectivity index (χ0n) is 9.79. The lowest BCUT2D eigenvalue weighted by Gasteiger charge is -2.26. The maximum Gasteiger partial charge on any atom is 0.224 e. The van der Waals surface area contributed by atoms with Crippen LogP contribution in [0.5, 0.6) is 0 Å². The van der Waals surface area contributed by atoms with E-state index >= 15 is 0 Å². The van der Waals surface area contributed by atoms with Gasteiger partial charge in [0.2, 0.25) is 5.91 Å². The SMILES string of the molecule is CCCN(CC)C(=O)CC1CSCCN1. The standard InChI is InChI=1S/C11H22N2OS/c1-3-6-13(4-2)11(14)8-10-9-15-7-5-12-10/h10,12H,3-9H2,1-2H3. The van der Waals surface area contributed by atoms with Gasteiger partial charge in [-0.05, 0) is 13.3 Å². The number of nitrogens with one attached hydrogen (secondary N) is 1. The molecule has 1 N–H and O–H groups in total. The molecule has 3 nitrogen and oxygen atoms in total. The minimum Gasteiger partial charge on any atom is -0.343 e. The fraction of sp³-hybridized carbons (Fsp3) is 0.909. The van der Waals surface area contributed by atoms with Crippen LogP contribution in [0.15, 0.2) is 0 Å². The summed E-state index contributed by atoms with van der Waals surface area (Å²) in [6.45, 7) is 6.95. The van der Waals surface area contributed by atoms with E-state index in [1.165, 1.54) is 5.75 Å². The number of hydrogen-bond donors (Lipinski definition) is 1. The molecule has 0 saturated carbocycles. The second-order valence-electron chi connectivity index (χ2n) is 3.90. The summed E-state index contributed by atoms with van der Waals surface area (Å²) in [5.41, 5.74) is 0. The highest BCUT2D eigenvalue weighted by Gasteiger charge is 2.19. The maximum atomic E-state index is 11.9. The van der Waals surface area contributed by atoms with Crippen molar-refractivity contribution in [1.29, 1.82) is 0 Å². The lowest BCUT2D eigenvalue weighted by molar-refractivity contribution is -0.131. The Bertz CT molecular complexity index is 193. The Kier molecular flexibility index (Phi) is 6.10. The number of hydrogen-bond acceptors (Lipinski definition) is 3. The third-order valence-corrected chi connectivity index (χ3v) is 3.78. The molecule has 1 unspecified atom stereocenters. The molecular formula is C11H22N2OS. The highest BCUT2D eigenvalue weighted by Crippen LogP contribution is 2.11. The molecule has 0 bridgehead atoms. The summed E-state index contributed by atoms with van der Waals surface area (Å²) in [4.78, 5) is 13.9. The third-order valence-electron chi connectivity index (χ3n) is 2.65. The number of carbonyl (C=O) groups is 1. The molecule has 0 radical (unpaired) electrons. The fourth-order valence-corrected chi connectivity index (χ4v) is 2.77. The molecule has 1 amide bonds. The third kappa shape index (κ3) is 4.43. The molecule has 15 heavy (non-hydrogen) atoms. The van der Waals surface area contributed by atoms with Crippen molar-refractivity contribution in [2.75, 3.05) is 31.1 Å². The first-order chi connectivity index (χ1) is 7.27. The zero-order chi connectivity index (χ0) is 11.1. The number of rotatable bonds is 5. The van der Waals surface area contributed by atoms with Crippen molar-refractivity contribution >= 4 is 17.7 Å². The van der Waals surface area contributed by atoms with Gasteiger partial charge in [0, 0.05) is 43.6 Å². The molecule has 4 heteroatoms. The number of nitrogens with zero attached hydrogens (tertiary/aromatic N) is 1. The Morgan fingerprint density at radius 1 is 1.53 bits per heavy atom. The van der Waals surface area contributed by atoms with E-state index < -0.39 is 0 Å². The monoisotopic (exact) mass is 230 g/mol. The van der Waals surface area contributed by atoms with Crippen molar-refractivity contribution in [2.45, 2.75) is 32.7 Å². The van der Waals surface area contributed by atoms with Crippen LogP contribution in [0.1, 0.15) is 26.7 Å². The van der Waals surface area contributed by atoms with Crippen LogP contribution >= 0.6 is 11.8 Å². The van der Waals surface area contributed by atoms with Crippen LogP contribution in [-0.4, -0.2) is 48.0 Å². The summed E-state index contributed by atoms with van der Waals surface area (Å²) in [5.74, 6) is 2.56. The van der Waals surface area contributed by atoms with Gasteiger partial charge in [0.1, 0.15) is 0 Å². The topological polar surface area (TPSA) is 32.3 Å². The molecule has 0 aromatic heterocycles. The van der Waals surface area contributed by atoms with Crippen molar-refractivity contribution < 1.29 is 4.79 Å². The predicted octanol–water partition coefficient (Wildman–Crippen LogP) is 1.34. The van der Waals surface area contributed by atoms with Gasteiger partial charge in [-0.15, -0.1) is 0 Å². The molecule has 1 aliphatic heterocycles. The van der Waals surface area contributed by atoms with Crippen LogP contribution in [0.25, 0.3) is 0 Å². The maximum absolute atomic E-state index is 11.9. The Hall–Kier alpha value is -0.220. The van der Waals surface area contributed by atoms with Gasteiger partial charge in [0.25, 0.3) is 0 Å². The zero-order valence-corrected chi connectivity index (χ0v) is 10.6. The number of thioether (sulfide) groups is 1. The van der Waals surface area contributed by atoms with Crippen LogP contribution in [0.4, 0.5) is 0 Å². The predicted molar refractivity (Wildman–Crippen MR) is 66.3 cm³/mol. The molecule has 1 aliphatic rings. The highest BCUT2D eigenvalue weighted by atomic mass is 32.2. The summed E-state index contributed by atoms with van der Waals surface area (Å²) in [7, 11) is 0. The van der Waals surface area contributed by atoms with Crippen molar-refractivity contribution in [3.05, 3.63) is 0 Å². The van der Waals surface area contributed by atoms with Crippen molar-refractivity contribution in [3.8, 4) is 0 Å². The summed E-state index contributed by atoms with van der Waals surface area (Å²) < 4.78 is 0. The van der Waals surface area contributed by atoms with Gasteiger partial charge >= 0.3 is 0 Å². The van der Waals surface area contributed by atoms with Crippen molar-refractivity contribution in [3.63, 3.8) is 0 Å². The molecular weight excluding hydrogens is 208 g/mol. The first kappa shape index (κ1) is 12.8. The lowest BCUT2D eigenvalue weighted by Crippen LogP contribution is -2.42. The lowest BCUT2D eigenvalue weighted by atomic mass is 10.2. The smallest absolute Gasteiger partial charge is 0.224 e. The summed E-state index contributed by atoms with van der Waals surface area (Å²) in [5, 5.41) is 3.40. The molecule has 1 heterocycles. The molecule has 0 spiro atoms. The van der Waals surface area contributed by atoms with Gasteiger partial charge in [-0.25, -0.2) is 0 Å². The molecule has 0 aliphatic carbocycles. The highest BCUT2D eigenvalue weighted by molar-refractivity contribution is 7.99. The summed E-state index contributed by atoms with van der Waals surface area (Å²) >= 11 is 1.94. The molecule has 1 rings (SSSR count). The number of carbonyl (C=O) groups excluding carboxylic acids is 1. The summed E-state index contributed by atoms with van der Waals surface area (Å²) in [6, 6.07) is 0.391. The van der Waals surface area contributed by atoms with E-state index in [9.17, 15) is 4.79 Å². The first-order valence-electron chi connectivity index (χ1n) is 5.86. The second kappa shape index (κ2) is 7.12. The largest absolute Gasteiger partial charge is 0.343 e. The first-order valence-corrected chi connectivity index (χ1v) is 7.02. The van der Waals surface area contributed by atoms with E-state index in [0.717, 1.165) is 31.8 Å². The van der Waals surface area contributed by atoms with E-state index in [4.69, 9.17) is 0 Å². The average molecular weight is 230 g/mol. The van der Waals surface area contributed by atoms with Crippen molar-refractivity contribution in [2.24, 2.45) is 0 Å². The van der Waals surface area contributed by atoms with Crippen LogP contribution in [0.2, 0.25) is 0 Å². The quantitative estimate of drug-likeness (QED) is 0.773. The minimum atomic E-state index is 0.305.